The van der Waals surface area contributed by atoms with Crippen LogP contribution in [0.4, 0.5) is 0 Å². The largest absolute Gasteiger partial charge is 0.544 e. The summed E-state index contributed by atoms with van der Waals surface area (Å²) in [6.07, 6.45) is 60.9. The SMILES string of the molecule is CC/C=C/C/C=C/C/C=C/C/C=C/C/C=C/C/C=C/CCC(=O)OCC(COCCC(C(=O)[O-])[N+](C)(C)C)OC(=O)CCCCCCCC/C=C/C/C=C/C/C=C/C/C=C/CC. The van der Waals surface area contributed by atoms with Crippen LogP contribution in [-0.2, 0) is 28.6 Å². The molecule has 8 heteroatoms. The number of carboxylic acids is 1. The molecule has 348 valence electrons. The number of quaternary nitrogens is 1. The zero-order valence-electron chi connectivity index (χ0n) is 39.5. The predicted molar refractivity (Wildman–Crippen MR) is 258 cm³/mol. The number of nitrogens with zero attached hydrogens (tertiary/aromatic N) is 1. The summed E-state index contributed by atoms with van der Waals surface area (Å²) in [7, 11) is 5.37. The van der Waals surface area contributed by atoms with Crippen LogP contribution in [0.5, 0.6) is 0 Å². The molecule has 0 heterocycles. The highest BCUT2D eigenvalue weighted by molar-refractivity contribution is 5.70. The van der Waals surface area contributed by atoms with E-state index in [2.05, 4.69) is 123 Å². The minimum Gasteiger partial charge on any atom is -0.544 e. The molecule has 0 aromatic heterocycles. The Morgan fingerprint density at radius 2 is 0.887 bits per heavy atom. The third-order valence-corrected chi connectivity index (χ3v) is 9.61. The van der Waals surface area contributed by atoms with Crippen LogP contribution < -0.4 is 5.11 Å². The number of unbranched alkanes of at least 4 members (excludes halogenated alkanes) is 6. The molecule has 0 aromatic carbocycles. The molecule has 62 heavy (non-hydrogen) atoms. The fourth-order valence-electron chi connectivity index (χ4n) is 6.03. The van der Waals surface area contributed by atoms with Gasteiger partial charge in [0.2, 0.25) is 0 Å². The molecule has 0 aromatic rings. The monoisotopic (exact) mass is 860 g/mol. The Kier molecular flexibility index (Phi) is 40.4. The lowest BCUT2D eigenvalue weighted by molar-refractivity contribution is -0.889. The van der Waals surface area contributed by atoms with Gasteiger partial charge in [-0.15, -0.1) is 0 Å². The Bertz CT molecular complexity index is 1420. The van der Waals surface area contributed by atoms with Gasteiger partial charge in [-0.05, 0) is 89.9 Å². The molecule has 0 bridgehead atoms. The molecule has 0 spiro atoms. The number of hydrogen-bond acceptors (Lipinski definition) is 7. The maximum atomic E-state index is 12.8. The van der Waals surface area contributed by atoms with Gasteiger partial charge >= 0.3 is 11.9 Å². The van der Waals surface area contributed by atoms with Crippen molar-refractivity contribution in [3.05, 3.63) is 122 Å². The quantitative estimate of drug-likeness (QED) is 0.0262. The molecular formula is C54H85NO7. The minimum atomic E-state index is -1.14. The molecule has 0 rings (SSSR count). The van der Waals surface area contributed by atoms with Gasteiger partial charge in [0, 0.05) is 19.3 Å². The fraction of sp³-hybridized carbons (Fsp3) is 0.574. The lowest BCUT2D eigenvalue weighted by atomic mass is 10.1. The van der Waals surface area contributed by atoms with Crippen molar-refractivity contribution in [1.29, 1.82) is 0 Å². The third-order valence-electron chi connectivity index (χ3n) is 9.61. The molecule has 2 atom stereocenters. The van der Waals surface area contributed by atoms with Crippen molar-refractivity contribution >= 4 is 17.9 Å². The van der Waals surface area contributed by atoms with E-state index in [0.717, 1.165) is 103 Å². The Morgan fingerprint density at radius 1 is 0.484 bits per heavy atom. The number of rotatable bonds is 40. The summed E-state index contributed by atoms with van der Waals surface area (Å²) in [5.74, 6) is -1.88. The molecule has 0 amide bonds. The van der Waals surface area contributed by atoms with E-state index in [-0.39, 0.29) is 55.5 Å². The molecule has 0 aliphatic rings. The van der Waals surface area contributed by atoms with Gasteiger partial charge in [0.25, 0.3) is 0 Å². The van der Waals surface area contributed by atoms with Crippen molar-refractivity contribution in [1.82, 2.24) is 0 Å². The number of allylic oxidation sites excluding steroid dienone is 20. The molecule has 8 nitrogen and oxygen atoms in total. The highest BCUT2D eigenvalue weighted by Gasteiger charge is 2.25. The molecular weight excluding hydrogens is 775 g/mol. The molecule has 0 radical (unpaired) electrons. The minimum absolute atomic E-state index is 0.00234. The van der Waals surface area contributed by atoms with Gasteiger partial charge in [-0.2, -0.15) is 0 Å². The molecule has 0 saturated carbocycles. The first kappa shape index (κ1) is 57.7. The van der Waals surface area contributed by atoms with Gasteiger partial charge in [-0.3, -0.25) is 9.59 Å². The Labute approximate surface area is 378 Å². The maximum Gasteiger partial charge on any atom is 0.306 e. The van der Waals surface area contributed by atoms with Crippen LogP contribution in [0.3, 0.4) is 0 Å². The van der Waals surface area contributed by atoms with Crippen molar-refractivity contribution in [2.24, 2.45) is 0 Å². The first-order chi connectivity index (χ1) is 30.1. The number of carboxylic acid groups (broad SMARTS) is 1. The fourth-order valence-corrected chi connectivity index (χ4v) is 6.03. The number of esters is 2. The van der Waals surface area contributed by atoms with E-state index in [1.165, 1.54) is 6.42 Å². The van der Waals surface area contributed by atoms with E-state index in [1.807, 2.05) is 12.2 Å². The highest BCUT2D eigenvalue weighted by atomic mass is 16.6. The second-order valence-corrected chi connectivity index (χ2v) is 16.2. The van der Waals surface area contributed by atoms with Gasteiger partial charge in [0.15, 0.2) is 6.10 Å². The predicted octanol–water partition coefficient (Wildman–Crippen LogP) is 12.1. The van der Waals surface area contributed by atoms with Gasteiger partial charge < -0.3 is 28.6 Å². The molecule has 0 aliphatic carbocycles. The Balaban J connectivity index is 4.48. The summed E-state index contributed by atoms with van der Waals surface area (Å²) in [4.78, 5) is 36.9. The average molecular weight is 860 g/mol. The molecule has 2 unspecified atom stereocenters. The molecule has 0 fully saturated rings. The van der Waals surface area contributed by atoms with E-state index in [4.69, 9.17) is 14.2 Å². The summed E-state index contributed by atoms with van der Waals surface area (Å²) < 4.78 is 17.1. The molecule has 0 N–H and O–H groups in total. The number of hydrogen-bond donors (Lipinski definition) is 0. The van der Waals surface area contributed by atoms with Crippen LogP contribution in [0.1, 0.15) is 149 Å². The molecule has 0 aliphatic heterocycles. The van der Waals surface area contributed by atoms with Crippen LogP contribution in [0.2, 0.25) is 0 Å². The third kappa shape index (κ3) is 41.1. The van der Waals surface area contributed by atoms with Crippen molar-refractivity contribution in [3.63, 3.8) is 0 Å². The van der Waals surface area contributed by atoms with Crippen molar-refractivity contribution in [3.8, 4) is 0 Å². The first-order valence-electron chi connectivity index (χ1n) is 23.6. The second kappa shape index (κ2) is 43.4. The summed E-state index contributed by atoms with van der Waals surface area (Å²) in [5.41, 5.74) is 0. The number of aliphatic carboxylic acids is 1. The Morgan fingerprint density at radius 3 is 1.32 bits per heavy atom. The molecule has 0 saturated heterocycles. The van der Waals surface area contributed by atoms with Gasteiger partial charge in [-0.1, -0.05) is 161 Å². The van der Waals surface area contributed by atoms with Gasteiger partial charge in [0.05, 0.1) is 40.3 Å². The summed E-state index contributed by atoms with van der Waals surface area (Å²) >= 11 is 0. The van der Waals surface area contributed by atoms with E-state index >= 15 is 0 Å². The van der Waals surface area contributed by atoms with Crippen LogP contribution in [0.15, 0.2) is 122 Å². The van der Waals surface area contributed by atoms with Crippen molar-refractivity contribution in [2.75, 3.05) is 41.0 Å². The first-order valence-corrected chi connectivity index (χ1v) is 23.6. The Hall–Kier alpha value is -4.27. The second-order valence-electron chi connectivity index (χ2n) is 16.2. The van der Waals surface area contributed by atoms with Crippen LogP contribution in [-0.4, -0.2) is 75.5 Å². The number of likely N-dealkylation sites (N-methyl/N-ethyl adjacent to an activating group) is 1. The zero-order chi connectivity index (χ0) is 45.6. The standard InChI is InChI=1S/C54H85NO7/c1-6-8-10-12-14-16-18-20-22-24-26-28-30-32-34-36-38-40-42-44-52(56)61-49-50(48-60-47-46-51(54(58)59)55(3,4)5)62-53(57)45-43-41-39-37-35-33-31-29-27-25-23-21-19-17-15-13-11-9-7-2/h8-11,14-17,20-23,26-29,32,34,38,40,50-51H,6-7,12-13,18-19,24-25,30-31,33,35-37,39,41-49H2,1-5H3/b10-8+,11-9+,16-14+,17-15+,22-20+,23-21+,28-26+,29-27+,34-32+,40-38+. The van der Waals surface area contributed by atoms with E-state index in [0.29, 0.717) is 6.42 Å². The number of ether oxygens (including phenoxy) is 3. The normalized spacial score (nSPS) is 14.0. The number of carbonyl (C=O) groups excluding carboxylic acids is 3. The summed E-state index contributed by atoms with van der Waals surface area (Å²) in [6, 6.07) is -0.748. The average Bonchev–Trinajstić information content (AvgIpc) is 3.23. The van der Waals surface area contributed by atoms with Gasteiger partial charge in [-0.25, -0.2) is 0 Å². The van der Waals surface area contributed by atoms with Crippen LogP contribution >= 0.6 is 0 Å². The van der Waals surface area contributed by atoms with Crippen LogP contribution in [0, 0.1) is 0 Å². The van der Waals surface area contributed by atoms with Crippen LogP contribution in [0.25, 0.3) is 0 Å². The van der Waals surface area contributed by atoms with E-state index < -0.39 is 18.1 Å². The summed E-state index contributed by atoms with van der Waals surface area (Å²) in [6.45, 7) is 4.31. The van der Waals surface area contributed by atoms with Crippen molar-refractivity contribution in [2.45, 2.75) is 161 Å². The maximum absolute atomic E-state index is 12.8. The van der Waals surface area contributed by atoms with Crippen molar-refractivity contribution < 1.29 is 38.2 Å². The van der Waals surface area contributed by atoms with Gasteiger partial charge in [0.1, 0.15) is 12.6 Å². The van der Waals surface area contributed by atoms with E-state index in [1.54, 1.807) is 21.1 Å². The topological polar surface area (TPSA) is 102 Å². The van der Waals surface area contributed by atoms with E-state index in [9.17, 15) is 19.5 Å². The summed E-state index contributed by atoms with van der Waals surface area (Å²) in [5, 5.41) is 11.6. The smallest absolute Gasteiger partial charge is 0.306 e. The highest BCUT2D eigenvalue weighted by Crippen LogP contribution is 2.12. The lowest BCUT2D eigenvalue weighted by Crippen LogP contribution is -2.55. The zero-order valence-corrected chi connectivity index (χ0v) is 39.5. The number of carbonyl (C=O) groups is 3. The lowest BCUT2D eigenvalue weighted by Gasteiger charge is -2.34.